The number of rotatable bonds is 4. The van der Waals surface area contributed by atoms with Crippen molar-refractivity contribution >= 4 is 11.9 Å². The quantitative estimate of drug-likeness (QED) is 0.822. The molecule has 1 aromatic rings. The SMILES string of the molecule is COc1cc(OC)nc(NC(=O)[C@@H]2CCCNC2)n1. The molecule has 0 radical (unpaired) electrons. The molecule has 1 amide bonds. The molecule has 2 N–H and O–H groups in total. The molecule has 0 aliphatic carbocycles. The van der Waals surface area contributed by atoms with Crippen molar-refractivity contribution in [3.63, 3.8) is 0 Å². The highest BCUT2D eigenvalue weighted by atomic mass is 16.5. The number of aromatic nitrogens is 2. The number of amides is 1. The predicted molar refractivity (Wildman–Crippen MR) is 69.4 cm³/mol. The third-order valence-corrected chi connectivity index (χ3v) is 3.00. The number of hydrogen-bond donors (Lipinski definition) is 2. The molecule has 104 valence electrons. The lowest BCUT2D eigenvalue weighted by molar-refractivity contribution is -0.120. The van der Waals surface area contributed by atoms with Gasteiger partial charge in [0.05, 0.1) is 26.2 Å². The molecular formula is C12H18N4O3. The van der Waals surface area contributed by atoms with Gasteiger partial charge in [-0.2, -0.15) is 9.97 Å². The number of anilines is 1. The molecular weight excluding hydrogens is 248 g/mol. The Morgan fingerprint density at radius 1 is 1.37 bits per heavy atom. The highest BCUT2D eigenvalue weighted by molar-refractivity contribution is 5.91. The van der Waals surface area contributed by atoms with Crippen LogP contribution in [0.5, 0.6) is 11.8 Å². The summed E-state index contributed by atoms with van der Waals surface area (Å²) in [5, 5.41) is 5.90. The monoisotopic (exact) mass is 266 g/mol. The summed E-state index contributed by atoms with van der Waals surface area (Å²) >= 11 is 0. The van der Waals surface area contributed by atoms with Crippen LogP contribution in [0.15, 0.2) is 6.07 Å². The molecule has 1 aliphatic rings. The lowest BCUT2D eigenvalue weighted by atomic mass is 9.99. The fourth-order valence-electron chi connectivity index (χ4n) is 1.96. The number of methoxy groups -OCH3 is 2. The average molecular weight is 266 g/mol. The molecule has 0 bridgehead atoms. The topological polar surface area (TPSA) is 85.4 Å². The van der Waals surface area contributed by atoms with Gasteiger partial charge in [-0.05, 0) is 19.4 Å². The maximum absolute atomic E-state index is 12.1. The predicted octanol–water partition coefficient (Wildman–Crippen LogP) is 0.432. The first-order valence-electron chi connectivity index (χ1n) is 6.21. The molecule has 2 heterocycles. The van der Waals surface area contributed by atoms with Crippen LogP contribution >= 0.6 is 0 Å². The van der Waals surface area contributed by atoms with E-state index in [1.54, 1.807) is 6.07 Å². The van der Waals surface area contributed by atoms with Gasteiger partial charge in [0.25, 0.3) is 0 Å². The highest BCUT2D eigenvalue weighted by Gasteiger charge is 2.22. The second-order valence-corrected chi connectivity index (χ2v) is 4.31. The zero-order valence-corrected chi connectivity index (χ0v) is 11.1. The smallest absolute Gasteiger partial charge is 0.236 e. The van der Waals surface area contributed by atoms with E-state index in [-0.39, 0.29) is 17.8 Å². The minimum absolute atomic E-state index is 0.0467. The second kappa shape index (κ2) is 6.33. The maximum atomic E-state index is 12.1. The summed E-state index contributed by atoms with van der Waals surface area (Å²) in [6, 6.07) is 1.55. The van der Waals surface area contributed by atoms with E-state index in [0.29, 0.717) is 18.3 Å². The molecule has 1 saturated heterocycles. The van der Waals surface area contributed by atoms with Crippen LogP contribution in [-0.2, 0) is 4.79 Å². The van der Waals surface area contributed by atoms with Crippen LogP contribution in [0.3, 0.4) is 0 Å². The van der Waals surface area contributed by atoms with Crippen LogP contribution in [0.2, 0.25) is 0 Å². The molecule has 0 aromatic carbocycles. The molecule has 19 heavy (non-hydrogen) atoms. The van der Waals surface area contributed by atoms with Crippen LogP contribution in [0.1, 0.15) is 12.8 Å². The molecule has 0 saturated carbocycles. The second-order valence-electron chi connectivity index (χ2n) is 4.31. The van der Waals surface area contributed by atoms with Crippen LogP contribution in [0.4, 0.5) is 5.95 Å². The third kappa shape index (κ3) is 3.54. The average Bonchev–Trinajstić information content (AvgIpc) is 2.47. The summed E-state index contributed by atoms with van der Waals surface area (Å²) in [5.74, 6) is 0.775. The van der Waals surface area contributed by atoms with Gasteiger partial charge < -0.3 is 14.8 Å². The van der Waals surface area contributed by atoms with Crippen LogP contribution in [-0.4, -0.2) is 43.2 Å². The van der Waals surface area contributed by atoms with Crippen LogP contribution in [0, 0.1) is 5.92 Å². The number of carbonyl (C=O) groups excluding carboxylic acids is 1. The first-order chi connectivity index (χ1) is 9.22. The van der Waals surface area contributed by atoms with E-state index in [0.717, 1.165) is 19.4 Å². The van der Waals surface area contributed by atoms with Crippen molar-refractivity contribution in [1.82, 2.24) is 15.3 Å². The fraction of sp³-hybridized carbons (Fsp3) is 0.583. The number of hydrogen-bond acceptors (Lipinski definition) is 6. The van der Waals surface area contributed by atoms with Crippen molar-refractivity contribution in [3.8, 4) is 11.8 Å². The van der Waals surface area contributed by atoms with Crippen molar-refractivity contribution in [2.75, 3.05) is 32.6 Å². The molecule has 7 nitrogen and oxygen atoms in total. The summed E-state index contributed by atoms with van der Waals surface area (Å²) in [5.41, 5.74) is 0. The molecule has 1 aromatic heterocycles. The van der Waals surface area contributed by atoms with Crippen molar-refractivity contribution < 1.29 is 14.3 Å². The van der Waals surface area contributed by atoms with Gasteiger partial charge in [0, 0.05) is 6.54 Å². The molecule has 0 spiro atoms. The van der Waals surface area contributed by atoms with E-state index in [9.17, 15) is 4.79 Å². The zero-order valence-electron chi connectivity index (χ0n) is 11.1. The fourth-order valence-corrected chi connectivity index (χ4v) is 1.96. The lowest BCUT2D eigenvalue weighted by Gasteiger charge is -2.21. The first-order valence-corrected chi connectivity index (χ1v) is 6.21. The van der Waals surface area contributed by atoms with Gasteiger partial charge in [-0.1, -0.05) is 0 Å². The number of ether oxygens (including phenoxy) is 2. The summed E-state index contributed by atoms with van der Waals surface area (Å²) in [7, 11) is 3.00. The summed E-state index contributed by atoms with van der Waals surface area (Å²) in [6.07, 6.45) is 1.88. The minimum Gasteiger partial charge on any atom is -0.481 e. The Labute approximate surface area is 111 Å². The summed E-state index contributed by atoms with van der Waals surface area (Å²) in [6.45, 7) is 1.65. The molecule has 0 unspecified atom stereocenters. The Bertz CT molecular complexity index is 424. The Balaban J connectivity index is 2.06. The van der Waals surface area contributed by atoms with Crippen molar-refractivity contribution in [3.05, 3.63) is 6.07 Å². The van der Waals surface area contributed by atoms with Crippen molar-refractivity contribution in [2.24, 2.45) is 5.92 Å². The minimum atomic E-state index is -0.0810. The van der Waals surface area contributed by atoms with Crippen molar-refractivity contribution in [2.45, 2.75) is 12.8 Å². The van der Waals surface area contributed by atoms with Gasteiger partial charge in [0.1, 0.15) is 0 Å². The van der Waals surface area contributed by atoms with Crippen LogP contribution in [0.25, 0.3) is 0 Å². The van der Waals surface area contributed by atoms with E-state index in [4.69, 9.17) is 9.47 Å². The summed E-state index contributed by atoms with van der Waals surface area (Å²) in [4.78, 5) is 20.2. The van der Waals surface area contributed by atoms with Gasteiger partial charge in [0.15, 0.2) is 0 Å². The van der Waals surface area contributed by atoms with E-state index in [1.807, 2.05) is 0 Å². The van der Waals surface area contributed by atoms with Gasteiger partial charge >= 0.3 is 0 Å². The highest BCUT2D eigenvalue weighted by Crippen LogP contribution is 2.18. The first kappa shape index (κ1) is 13.5. The normalized spacial score (nSPS) is 18.7. The number of carbonyl (C=O) groups is 1. The maximum Gasteiger partial charge on any atom is 0.236 e. The summed E-state index contributed by atoms with van der Waals surface area (Å²) < 4.78 is 10.1. The molecule has 7 heteroatoms. The van der Waals surface area contributed by atoms with Crippen LogP contribution < -0.4 is 20.1 Å². The Kier molecular flexibility index (Phi) is 4.51. The number of nitrogens with one attached hydrogen (secondary N) is 2. The molecule has 1 fully saturated rings. The molecule has 2 rings (SSSR count). The van der Waals surface area contributed by atoms with Gasteiger partial charge in [0.2, 0.25) is 23.6 Å². The van der Waals surface area contributed by atoms with Gasteiger partial charge in [-0.25, -0.2) is 0 Å². The van der Waals surface area contributed by atoms with E-state index >= 15 is 0 Å². The Morgan fingerprint density at radius 2 is 2.05 bits per heavy atom. The molecule has 1 aliphatic heterocycles. The standard InChI is InChI=1S/C12H18N4O3/c1-18-9-6-10(19-2)15-12(14-9)16-11(17)8-4-3-5-13-7-8/h6,8,13H,3-5,7H2,1-2H3,(H,14,15,16,17)/t8-/m1/s1. The number of piperidine rings is 1. The lowest BCUT2D eigenvalue weighted by Crippen LogP contribution is -2.37. The van der Waals surface area contributed by atoms with E-state index < -0.39 is 0 Å². The largest absolute Gasteiger partial charge is 0.481 e. The Hall–Kier alpha value is -1.89. The van der Waals surface area contributed by atoms with Crippen molar-refractivity contribution in [1.29, 1.82) is 0 Å². The van der Waals surface area contributed by atoms with E-state index in [1.165, 1.54) is 14.2 Å². The number of nitrogens with zero attached hydrogens (tertiary/aromatic N) is 2. The third-order valence-electron chi connectivity index (χ3n) is 3.00. The van der Waals surface area contributed by atoms with E-state index in [2.05, 4.69) is 20.6 Å². The Morgan fingerprint density at radius 3 is 2.58 bits per heavy atom. The zero-order chi connectivity index (χ0) is 13.7. The van der Waals surface area contributed by atoms with Gasteiger partial charge in [-0.3, -0.25) is 10.1 Å². The molecule has 1 atom stereocenters. The van der Waals surface area contributed by atoms with Gasteiger partial charge in [-0.15, -0.1) is 0 Å².